The number of aromatic nitrogens is 2. The van der Waals surface area contributed by atoms with Gasteiger partial charge in [0.2, 0.25) is 0 Å². The van der Waals surface area contributed by atoms with E-state index in [9.17, 15) is 23.1 Å². The largest absolute Gasteiger partial charge is 0.508 e. The van der Waals surface area contributed by atoms with Crippen molar-refractivity contribution in [3.8, 4) is 5.75 Å². The number of aromatic hydroxyl groups is 1. The van der Waals surface area contributed by atoms with E-state index in [0.717, 1.165) is 37.6 Å². The summed E-state index contributed by atoms with van der Waals surface area (Å²) in [5, 5.41) is 27.3. The number of nitrogens with one attached hydrogen (secondary N) is 2. The van der Waals surface area contributed by atoms with Crippen LogP contribution in [0.1, 0.15) is 24.3 Å². The number of phenolic OH excluding ortho intramolecular Hbond substituents is 1. The van der Waals surface area contributed by atoms with Gasteiger partial charge in [0.05, 0.1) is 5.52 Å². The maximum atomic E-state index is 12.7. The molecule has 35 heavy (non-hydrogen) atoms. The van der Waals surface area contributed by atoms with Crippen LogP contribution in [0.5, 0.6) is 5.75 Å². The van der Waals surface area contributed by atoms with Crippen molar-refractivity contribution in [2.24, 2.45) is 0 Å². The Balaban J connectivity index is 0.000000429. The summed E-state index contributed by atoms with van der Waals surface area (Å²) in [5.74, 6) is -2.96. The lowest BCUT2D eigenvalue weighted by molar-refractivity contribution is -0.192. The van der Waals surface area contributed by atoms with Crippen molar-refractivity contribution in [2.75, 3.05) is 36.4 Å². The van der Waals surface area contributed by atoms with E-state index in [1.807, 2.05) is 18.2 Å². The third kappa shape index (κ3) is 6.63. The Bertz CT molecular complexity index is 1190. The average Bonchev–Trinajstić information content (AvgIpc) is 3.22. The van der Waals surface area contributed by atoms with Crippen LogP contribution >= 0.6 is 0 Å². The first kappa shape index (κ1) is 25.8. The third-order valence-electron chi connectivity index (χ3n) is 5.52. The molecule has 1 aliphatic rings. The summed E-state index contributed by atoms with van der Waals surface area (Å²) in [7, 11) is 0. The van der Waals surface area contributed by atoms with Crippen LogP contribution in [0.4, 0.5) is 24.5 Å². The van der Waals surface area contributed by atoms with Gasteiger partial charge in [0, 0.05) is 49.0 Å². The first-order valence-corrected chi connectivity index (χ1v) is 10.8. The summed E-state index contributed by atoms with van der Waals surface area (Å²) in [4.78, 5) is 26.4. The molecule has 0 unspecified atom stereocenters. The van der Waals surface area contributed by atoms with Crippen molar-refractivity contribution in [1.29, 1.82) is 0 Å². The van der Waals surface area contributed by atoms with E-state index in [4.69, 9.17) is 9.90 Å². The van der Waals surface area contributed by atoms with Gasteiger partial charge in [0.1, 0.15) is 5.75 Å². The van der Waals surface area contributed by atoms with E-state index in [2.05, 4.69) is 45.2 Å². The lowest BCUT2D eigenvalue weighted by Crippen LogP contribution is -2.48. The van der Waals surface area contributed by atoms with Crippen LogP contribution in [0.3, 0.4) is 0 Å². The summed E-state index contributed by atoms with van der Waals surface area (Å²) < 4.78 is 31.7. The molecule has 9 nitrogen and oxygen atoms in total. The highest BCUT2D eigenvalue weighted by molar-refractivity contribution is 6.11. The molecule has 1 aliphatic heterocycles. The van der Waals surface area contributed by atoms with Gasteiger partial charge in [-0.1, -0.05) is 6.07 Å². The first-order chi connectivity index (χ1) is 16.5. The van der Waals surface area contributed by atoms with Crippen molar-refractivity contribution < 1.29 is 33.0 Å². The second kappa shape index (κ2) is 10.6. The Labute approximate surface area is 199 Å². The van der Waals surface area contributed by atoms with Gasteiger partial charge >= 0.3 is 12.1 Å². The van der Waals surface area contributed by atoms with E-state index in [-0.39, 0.29) is 17.4 Å². The minimum atomic E-state index is -5.08. The number of carbonyl (C=O) groups excluding carboxylic acids is 1. The van der Waals surface area contributed by atoms with Gasteiger partial charge in [0.25, 0.3) is 5.91 Å². The Hall–Kier alpha value is -3.80. The topological polar surface area (TPSA) is 122 Å². The maximum Gasteiger partial charge on any atom is 0.490 e. The summed E-state index contributed by atoms with van der Waals surface area (Å²) in [5.41, 5.74) is 2.80. The molecule has 0 aliphatic carbocycles. The minimum Gasteiger partial charge on any atom is -0.508 e. The van der Waals surface area contributed by atoms with Crippen LogP contribution in [0, 0.1) is 0 Å². The average molecular weight is 493 g/mol. The van der Waals surface area contributed by atoms with Gasteiger partial charge in [-0.15, -0.1) is 0 Å². The number of phenols is 1. The molecule has 3 aromatic rings. The number of fused-ring (bicyclic) bond motifs is 1. The number of benzene rings is 2. The number of rotatable bonds is 4. The number of carboxylic acids is 1. The van der Waals surface area contributed by atoms with Gasteiger partial charge in [-0.05, 0) is 50.2 Å². The number of hydrogen-bond donors (Lipinski definition) is 4. The van der Waals surface area contributed by atoms with Crippen LogP contribution in [0.15, 0.2) is 42.5 Å². The van der Waals surface area contributed by atoms with Gasteiger partial charge in [0.15, 0.2) is 5.69 Å². The fraction of sp³-hybridized carbons (Fsp3) is 0.348. The quantitative estimate of drug-likeness (QED) is 0.437. The number of amides is 1. The molecule has 0 saturated carbocycles. The number of halogens is 3. The number of nitrogens with zero attached hydrogens (tertiary/aromatic N) is 3. The zero-order valence-electron chi connectivity index (χ0n) is 19.1. The summed E-state index contributed by atoms with van der Waals surface area (Å²) in [6.07, 6.45) is -5.08. The van der Waals surface area contributed by atoms with E-state index in [1.165, 1.54) is 0 Å². The highest BCUT2D eigenvalue weighted by Gasteiger charge is 2.38. The zero-order chi connectivity index (χ0) is 25.8. The molecule has 1 fully saturated rings. The fourth-order valence-corrected chi connectivity index (χ4v) is 3.64. The maximum absolute atomic E-state index is 12.7. The van der Waals surface area contributed by atoms with Crippen LogP contribution in [0.2, 0.25) is 0 Å². The number of piperazine rings is 1. The van der Waals surface area contributed by atoms with E-state index < -0.39 is 12.1 Å². The summed E-state index contributed by atoms with van der Waals surface area (Å²) in [6.45, 7) is 8.47. The van der Waals surface area contributed by atoms with Gasteiger partial charge in [-0.2, -0.15) is 18.3 Å². The minimum absolute atomic E-state index is 0.102. The Morgan fingerprint density at radius 3 is 2.34 bits per heavy atom. The highest BCUT2D eigenvalue weighted by Crippen LogP contribution is 2.24. The van der Waals surface area contributed by atoms with Crippen molar-refractivity contribution in [3.05, 3.63) is 48.2 Å². The van der Waals surface area contributed by atoms with Crippen molar-refractivity contribution in [3.63, 3.8) is 0 Å². The standard InChI is InChI=1S/C21H25N5O2.C2HF3O2/c1-14(2)25-8-10-26(11-9-25)16-5-3-4-15(12-16)22-21(28)20-18-13-17(27)6-7-19(18)23-24-20;3-2(4,5)1(6)7/h3-7,12-14,27H,8-11H2,1-2H3,(H,22,28)(H,23,24);(H,6,7). The molecule has 0 bridgehead atoms. The van der Waals surface area contributed by atoms with Crippen molar-refractivity contribution >= 4 is 34.2 Å². The number of alkyl halides is 3. The van der Waals surface area contributed by atoms with Crippen LogP contribution in [0.25, 0.3) is 10.9 Å². The van der Waals surface area contributed by atoms with Crippen LogP contribution < -0.4 is 10.2 Å². The molecule has 0 radical (unpaired) electrons. The van der Waals surface area contributed by atoms with E-state index in [0.29, 0.717) is 16.9 Å². The van der Waals surface area contributed by atoms with Crippen molar-refractivity contribution in [1.82, 2.24) is 15.1 Å². The number of carbonyl (C=O) groups is 2. The monoisotopic (exact) mass is 493 g/mol. The first-order valence-electron chi connectivity index (χ1n) is 10.8. The molecular formula is C23H26F3N5O4. The second-order valence-electron chi connectivity index (χ2n) is 8.23. The predicted octanol–water partition coefficient (Wildman–Crippen LogP) is 3.68. The molecule has 0 spiro atoms. The number of carboxylic acid groups (broad SMARTS) is 1. The molecule has 188 valence electrons. The van der Waals surface area contributed by atoms with Gasteiger partial charge in [-0.25, -0.2) is 4.79 Å². The molecule has 1 saturated heterocycles. The van der Waals surface area contributed by atoms with Gasteiger partial charge in [-0.3, -0.25) is 14.8 Å². The number of H-pyrrole nitrogens is 1. The molecular weight excluding hydrogens is 467 g/mol. The normalized spacial score (nSPS) is 14.5. The molecule has 0 atom stereocenters. The lowest BCUT2D eigenvalue weighted by Gasteiger charge is -2.38. The number of hydrogen-bond acceptors (Lipinski definition) is 6. The van der Waals surface area contributed by atoms with E-state index >= 15 is 0 Å². The van der Waals surface area contributed by atoms with E-state index in [1.54, 1.807) is 18.2 Å². The smallest absolute Gasteiger partial charge is 0.490 e. The molecule has 2 heterocycles. The van der Waals surface area contributed by atoms with Crippen LogP contribution in [-0.2, 0) is 4.79 Å². The SMILES string of the molecule is CC(C)N1CCN(c2cccc(NC(=O)c3n[nH]c4ccc(O)cc34)c2)CC1.O=C(O)C(F)(F)F. The molecule has 1 amide bonds. The molecule has 1 aromatic heterocycles. The lowest BCUT2D eigenvalue weighted by atomic mass is 10.2. The van der Waals surface area contributed by atoms with Crippen molar-refractivity contribution in [2.45, 2.75) is 26.1 Å². The third-order valence-corrected chi connectivity index (χ3v) is 5.52. The van der Waals surface area contributed by atoms with Gasteiger partial charge < -0.3 is 20.4 Å². The number of anilines is 2. The Kier molecular flexibility index (Phi) is 7.85. The summed E-state index contributed by atoms with van der Waals surface area (Å²) >= 11 is 0. The fourth-order valence-electron chi connectivity index (χ4n) is 3.64. The molecule has 4 rings (SSSR count). The molecule has 2 aromatic carbocycles. The molecule has 4 N–H and O–H groups in total. The highest BCUT2D eigenvalue weighted by atomic mass is 19.4. The molecule has 12 heteroatoms. The van der Waals surface area contributed by atoms with Crippen LogP contribution in [-0.4, -0.2) is 75.6 Å². The number of aromatic amines is 1. The zero-order valence-corrected chi connectivity index (χ0v) is 19.1. The second-order valence-corrected chi connectivity index (χ2v) is 8.23. The summed E-state index contributed by atoms with van der Waals surface area (Å²) in [6, 6.07) is 13.3. The predicted molar refractivity (Wildman–Crippen MR) is 125 cm³/mol. The Morgan fingerprint density at radius 2 is 1.74 bits per heavy atom. The Morgan fingerprint density at radius 1 is 1.09 bits per heavy atom. The number of aliphatic carboxylic acids is 1.